The lowest BCUT2D eigenvalue weighted by molar-refractivity contribution is 0.467. The van der Waals surface area contributed by atoms with Gasteiger partial charge in [-0.3, -0.25) is 0 Å². The van der Waals surface area contributed by atoms with Crippen LogP contribution in [0.3, 0.4) is 0 Å². The van der Waals surface area contributed by atoms with Crippen molar-refractivity contribution >= 4 is 16.6 Å². The van der Waals surface area contributed by atoms with Crippen molar-refractivity contribution in [1.29, 1.82) is 0 Å². The third-order valence-corrected chi connectivity index (χ3v) is 12.8. The zero-order valence-electron chi connectivity index (χ0n) is 17.7. The largest absolute Gasteiger partial charge is 0.508 e. The minimum Gasteiger partial charge on any atom is -0.508 e. The van der Waals surface area contributed by atoms with E-state index in [0.29, 0.717) is 5.75 Å². The van der Waals surface area contributed by atoms with Crippen molar-refractivity contribution in [2.75, 3.05) is 0 Å². The van der Waals surface area contributed by atoms with Gasteiger partial charge in [0.05, 0.1) is 0 Å². The number of aryl methyl sites for hydroxylation is 3. The number of phenols is 1. The van der Waals surface area contributed by atoms with Gasteiger partial charge in [-0.25, -0.2) is 0 Å². The molecule has 0 saturated carbocycles. The number of phenolic OH excluding ortho intramolecular Hbond substituents is 1. The van der Waals surface area contributed by atoms with Crippen molar-refractivity contribution in [3.05, 3.63) is 65.2 Å². The zero-order chi connectivity index (χ0) is 19.9. The van der Waals surface area contributed by atoms with Gasteiger partial charge in [-0.15, -0.1) is 0 Å². The number of rotatable bonds is 10. The molecule has 0 fully saturated rings. The maximum atomic E-state index is 9.92. The van der Waals surface area contributed by atoms with Gasteiger partial charge >= 0.3 is 0 Å². The molecule has 2 nitrogen and oxygen atoms in total. The summed E-state index contributed by atoms with van der Waals surface area (Å²) >= 11 is 0. The summed E-state index contributed by atoms with van der Waals surface area (Å²) in [5.74, 6) is 0.420. The van der Waals surface area contributed by atoms with Gasteiger partial charge in [0.2, 0.25) is 0 Å². The summed E-state index contributed by atoms with van der Waals surface area (Å²) < 4.78 is 6.78. The van der Waals surface area contributed by atoms with E-state index in [1.807, 2.05) is 18.2 Å². The van der Waals surface area contributed by atoms with E-state index in [1.165, 1.54) is 23.6 Å². The van der Waals surface area contributed by atoms with E-state index in [2.05, 4.69) is 57.4 Å². The quantitative estimate of drug-likeness (QED) is 0.450. The Labute approximate surface area is 167 Å². The lowest BCUT2D eigenvalue weighted by atomic mass is 10.1. The minimum atomic E-state index is -1.67. The second-order valence-electron chi connectivity index (χ2n) is 8.88. The molecule has 2 aromatic carbocycles. The van der Waals surface area contributed by atoms with Crippen LogP contribution in [0.5, 0.6) is 5.75 Å². The van der Waals surface area contributed by atoms with E-state index in [9.17, 15) is 5.11 Å². The smallest absolute Gasteiger partial charge is 0.173 e. The molecular formula is C23H36O2Si2. The molecule has 0 aliphatic rings. The van der Waals surface area contributed by atoms with Gasteiger partial charge in [-0.05, 0) is 93.6 Å². The number of aromatic hydroxyl groups is 1. The van der Waals surface area contributed by atoms with Crippen LogP contribution >= 0.6 is 0 Å². The highest BCUT2D eigenvalue weighted by Gasteiger charge is 2.32. The van der Waals surface area contributed by atoms with Crippen molar-refractivity contribution in [2.45, 2.75) is 70.9 Å². The standard InChI is InChI=1S/C23H36O2Si2/c1-20-12-6-7-13-21(20)15-10-18-26(2,3)25-27(4,5)19-11-16-22-14-8-9-17-23(22)24/h6-9,12-14,17,24H,10-11,15-16,18-19H2,1-5H3. The summed E-state index contributed by atoms with van der Waals surface area (Å²) in [7, 11) is -3.31. The summed E-state index contributed by atoms with van der Waals surface area (Å²) in [6, 6.07) is 18.8. The third kappa shape index (κ3) is 7.64. The Bertz CT molecular complexity index is 664. The molecule has 0 saturated heterocycles. The summed E-state index contributed by atoms with van der Waals surface area (Å²) in [5.41, 5.74) is 3.93. The fourth-order valence-electron chi connectivity index (χ4n) is 3.87. The predicted molar refractivity (Wildman–Crippen MR) is 122 cm³/mol. The molecule has 0 radical (unpaired) electrons. The Balaban J connectivity index is 1.78. The van der Waals surface area contributed by atoms with Crippen molar-refractivity contribution in [3.8, 4) is 5.75 Å². The Morgan fingerprint density at radius 1 is 0.741 bits per heavy atom. The fraction of sp³-hybridized carbons (Fsp3) is 0.478. The molecule has 0 heterocycles. The lowest BCUT2D eigenvalue weighted by Crippen LogP contribution is -2.44. The summed E-state index contributed by atoms with van der Waals surface area (Å²) in [6.45, 7) is 11.7. The molecule has 0 bridgehead atoms. The Morgan fingerprint density at radius 3 is 1.78 bits per heavy atom. The first-order valence-corrected chi connectivity index (χ1v) is 16.4. The zero-order valence-corrected chi connectivity index (χ0v) is 19.7. The number of para-hydroxylation sites is 1. The molecule has 0 atom stereocenters. The van der Waals surface area contributed by atoms with E-state index in [1.54, 1.807) is 6.07 Å². The van der Waals surface area contributed by atoms with Crippen LogP contribution in [0.25, 0.3) is 0 Å². The lowest BCUT2D eigenvalue weighted by Gasteiger charge is -2.34. The number of hydrogen-bond acceptors (Lipinski definition) is 2. The van der Waals surface area contributed by atoms with Crippen LogP contribution < -0.4 is 0 Å². The van der Waals surface area contributed by atoms with Gasteiger partial charge in [0.1, 0.15) is 5.75 Å². The Kier molecular flexibility index (Phi) is 7.89. The highest BCUT2D eigenvalue weighted by Crippen LogP contribution is 2.26. The van der Waals surface area contributed by atoms with Crippen LogP contribution in [0.1, 0.15) is 29.5 Å². The third-order valence-electron chi connectivity index (χ3n) is 5.26. The van der Waals surface area contributed by atoms with E-state index in [-0.39, 0.29) is 0 Å². The summed E-state index contributed by atoms with van der Waals surface area (Å²) in [5, 5.41) is 9.92. The molecular weight excluding hydrogens is 364 g/mol. The van der Waals surface area contributed by atoms with Crippen LogP contribution in [-0.4, -0.2) is 21.7 Å². The van der Waals surface area contributed by atoms with Crippen molar-refractivity contribution in [2.24, 2.45) is 0 Å². The van der Waals surface area contributed by atoms with Gasteiger partial charge in [0, 0.05) is 0 Å². The van der Waals surface area contributed by atoms with Gasteiger partial charge < -0.3 is 9.22 Å². The first kappa shape index (κ1) is 21.9. The predicted octanol–water partition coefficient (Wildman–Crippen LogP) is 6.69. The van der Waals surface area contributed by atoms with Crippen LogP contribution in [0.15, 0.2) is 48.5 Å². The molecule has 0 unspecified atom stereocenters. The monoisotopic (exact) mass is 400 g/mol. The normalized spacial score (nSPS) is 12.3. The maximum Gasteiger partial charge on any atom is 0.173 e. The first-order valence-electron chi connectivity index (χ1n) is 10.2. The molecule has 2 aromatic rings. The van der Waals surface area contributed by atoms with E-state index < -0.39 is 16.6 Å². The average Bonchev–Trinajstić information content (AvgIpc) is 2.57. The summed E-state index contributed by atoms with van der Waals surface area (Å²) in [6.07, 6.45) is 4.39. The minimum absolute atomic E-state index is 0.420. The SMILES string of the molecule is Cc1ccccc1CCC[Si](C)(C)O[Si](C)(C)CCCc1ccccc1O. The van der Waals surface area contributed by atoms with Crippen molar-refractivity contribution in [3.63, 3.8) is 0 Å². The fourth-order valence-corrected chi connectivity index (χ4v) is 12.7. The molecule has 0 aromatic heterocycles. The molecule has 0 spiro atoms. The highest BCUT2D eigenvalue weighted by atomic mass is 28.4. The molecule has 0 aliphatic heterocycles. The molecule has 1 N–H and O–H groups in total. The van der Waals surface area contributed by atoms with E-state index in [0.717, 1.165) is 30.9 Å². The van der Waals surface area contributed by atoms with Crippen LogP contribution in [0.2, 0.25) is 38.3 Å². The van der Waals surface area contributed by atoms with Crippen LogP contribution in [0.4, 0.5) is 0 Å². The van der Waals surface area contributed by atoms with Gasteiger partial charge in [0.25, 0.3) is 0 Å². The van der Waals surface area contributed by atoms with Gasteiger partial charge in [-0.2, -0.15) is 0 Å². The molecule has 0 aliphatic carbocycles. The molecule has 0 amide bonds. The Morgan fingerprint density at radius 2 is 1.22 bits per heavy atom. The molecule has 27 heavy (non-hydrogen) atoms. The second-order valence-corrected chi connectivity index (χ2v) is 17.7. The average molecular weight is 401 g/mol. The second kappa shape index (κ2) is 9.71. The summed E-state index contributed by atoms with van der Waals surface area (Å²) in [4.78, 5) is 0. The van der Waals surface area contributed by atoms with Gasteiger partial charge in [-0.1, -0.05) is 42.5 Å². The molecule has 4 heteroatoms. The molecule has 2 rings (SSSR count). The number of benzene rings is 2. The molecule has 148 valence electrons. The topological polar surface area (TPSA) is 29.5 Å². The van der Waals surface area contributed by atoms with E-state index in [4.69, 9.17) is 4.12 Å². The number of hydrogen-bond donors (Lipinski definition) is 1. The maximum absolute atomic E-state index is 9.92. The first-order chi connectivity index (χ1) is 12.7. The van der Waals surface area contributed by atoms with Crippen molar-refractivity contribution in [1.82, 2.24) is 0 Å². The highest BCUT2D eigenvalue weighted by molar-refractivity contribution is 6.84. The van der Waals surface area contributed by atoms with Gasteiger partial charge in [0.15, 0.2) is 16.6 Å². The Hall–Kier alpha value is -1.37. The van der Waals surface area contributed by atoms with Crippen molar-refractivity contribution < 1.29 is 9.22 Å². The van der Waals surface area contributed by atoms with Crippen LogP contribution in [0, 0.1) is 6.92 Å². The van der Waals surface area contributed by atoms with Crippen LogP contribution in [-0.2, 0) is 17.0 Å². The van der Waals surface area contributed by atoms with E-state index >= 15 is 0 Å².